The first-order valence-corrected chi connectivity index (χ1v) is 12.4. The fourth-order valence-electron chi connectivity index (χ4n) is 4.33. The van der Waals surface area contributed by atoms with Crippen LogP contribution in [0.4, 0.5) is 4.39 Å². The molecular weight excluding hydrogens is 491 g/mol. The monoisotopic (exact) mass is 516 g/mol. The summed E-state index contributed by atoms with van der Waals surface area (Å²) in [4.78, 5) is 48.6. The minimum atomic E-state index is -0.593. The van der Waals surface area contributed by atoms with Crippen LogP contribution in [0.1, 0.15) is 33.1 Å². The van der Waals surface area contributed by atoms with Gasteiger partial charge >= 0.3 is 23.9 Å². The van der Waals surface area contributed by atoms with E-state index in [0.29, 0.717) is 12.2 Å². The van der Waals surface area contributed by atoms with Crippen molar-refractivity contribution >= 4 is 47.2 Å². The second-order valence-electron chi connectivity index (χ2n) is 8.08. The Bertz CT molecular complexity index is 942. The molecule has 0 bridgehead atoms. The number of fused-ring (bicyclic) bond motifs is 1. The van der Waals surface area contributed by atoms with Crippen molar-refractivity contribution in [1.29, 1.82) is 0 Å². The molecule has 0 heterocycles. The van der Waals surface area contributed by atoms with Crippen molar-refractivity contribution in [3.05, 3.63) is 29.0 Å². The Morgan fingerprint density at radius 1 is 0.971 bits per heavy atom. The van der Waals surface area contributed by atoms with Crippen LogP contribution in [0, 0.1) is 35.4 Å². The standard InChI is InChI=1S/C23H26ClFO8S/c1-3-17(26)30-10-32-22(28)19-12(9-34-13-5-6-16(25)15(24)8-13)7-14-20(19)21(14)23(29)33-11-31-18(27)4-2/h5-6,8,12,14,19-21H,3-4,7,9-11H2,1-2H3/t12-,14+,19+,20+,21-/m0/s1. The lowest BCUT2D eigenvalue weighted by Crippen LogP contribution is -2.30. The second kappa shape index (κ2) is 11.9. The van der Waals surface area contributed by atoms with Crippen LogP contribution in [-0.4, -0.2) is 43.2 Å². The van der Waals surface area contributed by atoms with E-state index in [1.165, 1.54) is 23.9 Å². The number of ether oxygens (including phenoxy) is 4. The fourth-order valence-corrected chi connectivity index (χ4v) is 5.69. The van der Waals surface area contributed by atoms with Gasteiger partial charge in [0, 0.05) is 23.5 Å². The molecule has 34 heavy (non-hydrogen) atoms. The maximum absolute atomic E-state index is 13.4. The third kappa shape index (κ3) is 6.41. The summed E-state index contributed by atoms with van der Waals surface area (Å²) >= 11 is 7.28. The van der Waals surface area contributed by atoms with Crippen LogP contribution in [0.2, 0.25) is 5.02 Å². The minimum absolute atomic E-state index is 0.0135. The van der Waals surface area contributed by atoms with Crippen molar-refractivity contribution < 1.29 is 42.5 Å². The van der Waals surface area contributed by atoms with Crippen LogP contribution < -0.4 is 0 Å². The Hall–Kier alpha value is -2.33. The summed E-state index contributed by atoms with van der Waals surface area (Å²) in [5, 5.41) is 0.0135. The van der Waals surface area contributed by atoms with E-state index < -0.39 is 55.1 Å². The Labute approximate surface area is 205 Å². The molecule has 2 aliphatic rings. The molecule has 0 aliphatic heterocycles. The molecule has 2 aliphatic carbocycles. The predicted molar refractivity (Wildman–Crippen MR) is 119 cm³/mol. The van der Waals surface area contributed by atoms with Crippen LogP contribution in [0.3, 0.4) is 0 Å². The van der Waals surface area contributed by atoms with Crippen LogP contribution in [0.25, 0.3) is 0 Å². The van der Waals surface area contributed by atoms with Gasteiger partial charge in [0.15, 0.2) is 0 Å². The summed E-state index contributed by atoms with van der Waals surface area (Å²) in [6.07, 6.45) is 0.915. The molecule has 0 N–H and O–H groups in total. The maximum Gasteiger partial charge on any atom is 0.312 e. The zero-order valence-electron chi connectivity index (χ0n) is 18.8. The largest absolute Gasteiger partial charge is 0.428 e. The fraction of sp³-hybridized carbons (Fsp3) is 0.565. The predicted octanol–water partition coefficient (Wildman–Crippen LogP) is 3.98. The molecule has 0 unspecified atom stereocenters. The summed E-state index contributed by atoms with van der Waals surface area (Å²) in [6, 6.07) is 4.41. The van der Waals surface area contributed by atoms with E-state index in [1.807, 2.05) is 0 Å². The highest BCUT2D eigenvalue weighted by atomic mass is 35.5. The highest BCUT2D eigenvalue weighted by molar-refractivity contribution is 7.99. The number of esters is 4. The van der Waals surface area contributed by atoms with E-state index in [0.717, 1.165) is 4.90 Å². The highest BCUT2D eigenvalue weighted by Gasteiger charge is 2.67. The van der Waals surface area contributed by atoms with Gasteiger partial charge in [0.2, 0.25) is 13.6 Å². The van der Waals surface area contributed by atoms with Gasteiger partial charge in [-0.1, -0.05) is 25.4 Å². The first-order chi connectivity index (χ1) is 16.3. The van der Waals surface area contributed by atoms with Crippen molar-refractivity contribution in [2.75, 3.05) is 19.3 Å². The molecule has 5 atom stereocenters. The molecule has 0 amide bonds. The van der Waals surface area contributed by atoms with Crippen LogP contribution in [-0.2, 0) is 38.1 Å². The van der Waals surface area contributed by atoms with Crippen molar-refractivity contribution in [1.82, 2.24) is 0 Å². The average Bonchev–Trinajstić information content (AvgIpc) is 3.39. The third-order valence-electron chi connectivity index (χ3n) is 6.05. The number of carbonyl (C=O) groups excluding carboxylic acids is 4. The summed E-state index contributed by atoms with van der Waals surface area (Å²) < 4.78 is 33.3. The van der Waals surface area contributed by atoms with Gasteiger partial charge in [-0.05, 0) is 42.4 Å². The van der Waals surface area contributed by atoms with Gasteiger partial charge in [0.1, 0.15) is 5.82 Å². The van der Waals surface area contributed by atoms with Crippen molar-refractivity contribution in [2.24, 2.45) is 29.6 Å². The van der Waals surface area contributed by atoms with E-state index in [4.69, 9.17) is 30.5 Å². The van der Waals surface area contributed by atoms with Gasteiger partial charge in [-0.2, -0.15) is 0 Å². The van der Waals surface area contributed by atoms with E-state index in [2.05, 4.69) is 0 Å². The molecule has 2 saturated carbocycles. The molecule has 0 spiro atoms. The molecule has 1 aromatic carbocycles. The van der Waals surface area contributed by atoms with Crippen molar-refractivity contribution in [3.8, 4) is 0 Å². The zero-order chi connectivity index (χ0) is 24.8. The number of carbonyl (C=O) groups is 4. The molecule has 0 aromatic heterocycles. The van der Waals surface area contributed by atoms with Gasteiger partial charge in [-0.25, -0.2) is 4.39 Å². The molecule has 186 valence electrons. The SMILES string of the molecule is CCC(=O)OCOC(=O)[C@@H]1[C@H](CSc2ccc(F)c(Cl)c2)C[C@H]2[C@H](C(=O)OCOC(=O)CC)[C@H]21. The molecule has 2 fully saturated rings. The third-order valence-corrected chi connectivity index (χ3v) is 7.52. The maximum atomic E-state index is 13.4. The van der Waals surface area contributed by atoms with Crippen LogP contribution in [0.5, 0.6) is 0 Å². The van der Waals surface area contributed by atoms with E-state index >= 15 is 0 Å². The number of rotatable bonds is 11. The van der Waals surface area contributed by atoms with Crippen LogP contribution in [0.15, 0.2) is 23.1 Å². The van der Waals surface area contributed by atoms with Gasteiger partial charge in [-0.15, -0.1) is 11.8 Å². The number of halogens is 2. The lowest BCUT2D eigenvalue weighted by Gasteiger charge is -2.22. The normalized spacial score (nSPS) is 24.6. The summed E-state index contributed by atoms with van der Waals surface area (Å²) in [5.41, 5.74) is 0. The van der Waals surface area contributed by atoms with E-state index in [9.17, 15) is 23.6 Å². The molecule has 11 heteroatoms. The smallest absolute Gasteiger partial charge is 0.312 e. The highest BCUT2D eigenvalue weighted by Crippen LogP contribution is 2.64. The lowest BCUT2D eigenvalue weighted by atomic mass is 9.90. The first-order valence-electron chi connectivity index (χ1n) is 11.0. The first kappa shape index (κ1) is 26.3. The molecule has 3 rings (SSSR count). The zero-order valence-corrected chi connectivity index (χ0v) is 20.4. The Kier molecular flexibility index (Phi) is 9.18. The quantitative estimate of drug-likeness (QED) is 0.245. The van der Waals surface area contributed by atoms with Gasteiger partial charge in [0.25, 0.3) is 0 Å². The van der Waals surface area contributed by atoms with Gasteiger partial charge in [-0.3, -0.25) is 19.2 Å². The molecular formula is C23H26ClFO8S. The van der Waals surface area contributed by atoms with Gasteiger partial charge in [0.05, 0.1) is 16.9 Å². The topological polar surface area (TPSA) is 105 Å². The summed E-state index contributed by atoms with van der Waals surface area (Å²) in [5.74, 6) is -3.56. The van der Waals surface area contributed by atoms with Gasteiger partial charge < -0.3 is 18.9 Å². The Morgan fingerprint density at radius 2 is 1.56 bits per heavy atom. The number of hydrogen-bond donors (Lipinski definition) is 0. The minimum Gasteiger partial charge on any atom is -0.428 e. The van der Waals surface area contributed by atoms with Crippen molar-refractivity contribution in [3.63, 3.8) is 0 Å². The molecule has 0 saturated heterocycles. The molecule has 0 radical (unpaired) electrons. The second-order valence-corrected chi connectivity index (χ2v) is 9.58. The Balaban J connectivity index is 1.61. The van der Waals surface area contributed by atoms with Crippen molar-refractivity contribution in [2.45, 2.75) is 38.0 Å². The lowest BCUT2D eigenvalue weighted by molar-refractivity contribution is -0.171. The summed E-state index contributed by atoms with van der Waals surface area (Å²) in [6.45, 7) is 2.30. The average molecular weight is 517 g/mol. The molecule has 8 nitrogen and oxygen atoms in total. The summed E-state index contributed by atoms with van der Waals surface area (Å²) in [7, 11) is 0. The van der Waals surface area contributed by atoms with Crippen LogP contribution >= 0.6 is 23.4 Å². The number of benzene rings is 1. The Morgan fingerprint density at radius 3 is 2.12 bits per heavy atom. The number of hydrogen-bond acceptors (Lipinski definition) is 9. The van der Waals surface area contributed by atoms with E-state index in [-0.39, 0.29) is 35.6 Å². The number of thioether (sulfide) groups is 1. The molecule has 1 aromatic rings. The van der Waals surface area contributed by atoms with E-state index in [1.54, 1.807) is 19.9 Å².